The lowest BCUT2D eigenvalue weighted by atomic mass is 10.3. The first-order valence-electron chi connectivity index (χ1n) is 6.17. The normalized spacial score (nSPS) is 12.0. The number of carbonyl (C=O) groups is 1. The van der Waals surface area contributed by atoms with E-state index in [0.717, 1.165) is 6.26 Å². The van der Waals surface area contributed by atoms with Crippen molar-refractivity contribution >= 4 is 50.7 Å². The van der Waals surface area contributed by atoms with Gasteiger partial charge in [-0.3, -0.25) is 9.52 Å². The smallest absolute Gasteiger partial charge is 0.234 e. The zero-order valence-electron chi connectivity index (χ0n) is 12.4. The molecule has 0 spiro atoms. The van der Waals surface area contributed by atoms with Crippen molar-refractivity contribution in [1.82, 2.24) is 0 Å². The van der Waals surface area contributed by atoms with E-state index in [0.29, 0.717) is 11.4 Å². The van der Waals surface area contributed by atoms with Gasteiger partial charge in [0.15, 0.2) is 0 Å². The Morgan fingerprint density at radius 2 is 1.95 bits per heavy atom. The summed E-state index contributed by atoms with van der Waals surface area (Å²) in [5.41, 5.74) is 0.805. The molecule has 0 aliphatic heterocycles. The van der Waals surface area contributed by atoms with Crippen LogP contribution < -0.4 is 10.0 Å². The van der Waals surface area contributed by atoms with Gasteiger partial charge in [0, 0.05) is 10.4 Å². The minimum atomic E-state index is -3.39. The van der Waals surface area contributed by atoms with Crippen molar-refractivity contribution in [2.75, 3.05) is 22.0 Å². The molecule has 0 atom stereocenters. The average molecular weight is 351 g/mol. The second kappa shape index (κ2) is 6.89. The first-order chi connectivity index (χ1) is 9.46. The van der Waals surface area contributed by atoms with Gasteiger partial charge in [-0.1, -0.05) is 32.4 Å². The largest absolute Gasteiger partial charge is 0.325 e. The van der Waals surface area contributed by atoms with Gasteiger partial charge in [-0.25, -0.2) is 8.42 Å². The number of halogens is 1. The standard InChI is InChI=1S/C13H19ClN2O3S2/c1-13(2,3)20-8-12(17)15-9-5-6-11(10(14)7-9)16-21(4,18)19/h5-7,16H,8H2,1-4H3,(H,15,17). The zero-order valence-corrected chi connectivity index (χ0v) is 14.7. The van der Waals surface area contributed by atoms with Crippen LogP contribution in [0.1, 0.15) is 20.8 Å². The fourth-order valence-corrected chi connectivity index (χ4v) is 2.85. The van der Waals surface area contributed by atoms with Crippen molar-refractivity contribution in [2.45, 2.75) is 25.5 Å². The van der Waals surface area contributed by atoms with E-state index >= 15 is 0 Å². The molecule has 0 aromatic heterocycles. The van der Waals surface area contributed by atoms with E-state index in [1.54, 1.807) is 6.07 Å². The van der Waals surface area contributed by atoms with E-state index in [4.69, 9.17) is 11.6 Å². The molecule has 0 aliphatic carbocycles. The Morgan fingerprint density at radius 3 is 2.43 bits per heavy atom. The highest BCUT2D eigenvalue weighted by atomic mass is 35.5. The lowest BCUT2D eigenvalue weighted by molar-refractivity contribution is -0.113. The molecule has 118 valence electrons. The van der Waals surface area contributed by atoms with Crippen LogP contribution >= 0.6 is 23.4 Å². The van der Waals surface area contributed by atoms with Crippen molar-refractivity contribution in [3.63, 3.8) is 0 Å². The number of sulfonamides is 1. The lowest BCUT2D eigenvalue weighted by Gasteiger charge is -2.17. The van der Waals surface area contributed by atoms with Crippen LogP contribution in [0.2, 0.25) is 5.02 Å². The SMILES string of the molecule is CC(C)(C)SCC(=O)Nc1ccc(NS(C)(=O)=O)c(Cl)c1. The highest BCUT2D eigenvalue weighted by Crippen LogP contribution is 2.27. The molecule has 0 saturated carbocycles. The number of anilines is 2. The van der Waals surface area contributed by atoms with E-state index in [-0.39, 0.29) is 21.4 Å². The minimum Gasteiger partial charge on any atom is -0.325 e. The third kappa shape index (κ3) is 7.59. The van der Waals surface area contributed by atoms with Crippen LogP contribution in [0, 0.1) is 0 Å². The van der Waals surface area contributed by atoms with Gasteiger partial charge in [0.2, 0.25) is 15.9 Å². The summed E-state index contributed by atoms with van der Waals surface area (Å²) in [7, 11) is -3.39. The van der Waals surface area contributed by atoms with Gasteiger partial charge in [-0.05, 0) is 18.2 Å². The Morgan fingerprint density at radius 1 is 1.33 bits per heavy atom. The van der Waals surface area contributed by atoms with Gasteiger partial charge < -0.3 is 5.32 Å². The number of hydrogen-bond donors (Lipinski definition) is 2. The Balaban J connectivity index is 2.70. The van der Waals surface area contributed by atoms with Gasteiger partial charge in [-0.2, -0.15) is 0 Å². The van der Waals surface area contributed by atoms with Crippen LogP contribution in [-0.2, 0) is 14.8 Å². The molecule has 0 fully saturated rings. The highest BCUT2D eigenvalue weighted by molar-refractivity contribution is 8.01. The second-order valence-corrected chi connectivity index (χ2v) is 9.48. The third-order valence-corrected chi connectivity index (χ3v) is 4.36. The molecule has 1 aromatic carbocycles. The molecule has 1 aromatic rings. The summed E-state index contributed by atoms with van der Waals surface area (Å²) in [5, 5.41) is 2.95. The maximum atomic E-state index is 11.8. The van der Waals surface area contributed by atoms with Crippen LogP contribution in [0.15, 0.2) is 18.2 Å². The van der Waals surface area contributed by atoms with Crippen LogP contribution in [0.5, 0.6) is 0 Å². The van der Waals surface area contributed by atoms with Gasteiger partial charge in [0.05, 0.1) is 22.7 Å². The second-order valence-electron chi connectivity index (χ2n) is 5.52. The topological polar surface area (TPSA) is 75.3 Å². The predicted octanol–water partition coefficient (Wildman–Crippen LogP) is 3.18. The van der Waals surface area contributed by atoms with E-state index in [1.807, 2.05) is 20.8 Å². The zero-order chi connectivity index (χ0) is 16.3. The summed E-state index contributed by atoms with van der Waals surface area (Å²) >= 11 is 7.52. The monoisotopic (exact) mass is 350 g/mol. The van der Waals surface area contributed by atoms with Crippen molar-refractivity contribution in [1.29, 1.82) is 0 Å². The van der Waals surface area contributed by atoms with Crippen molar-refractivity contribution in [3.8, 4) is 0 Å². The summed E-state index contributed by atoms with van der Waals surface area (Å²) in [4.78, 5) is 11.8. The van der Waals surface area contributed by atoms with E-state index in [1.165, 1.54) is 23.9 Å². The molecule has 1 amide bonds. The molecular formula is C13H19ClN2O3S2. The number of rotatable bonds is 5. The van der Waals surface area contributed by atoms with E-state index in [2.05, 4.69) is 10.0 Å². The molecule has 0 saturated heterocycles. The Labute approximate surface area is 134 Å². The van der Waals surface area contributed by atoms with Crippen LogP contribution in [0.3, 0.4) is 0 Å². The summed E-state index contributed by atoms with van der Waals surface area (Å²) in [6, 6.07) is 4.61. The Bertz CT molecular complexity index is 625. The highest BCUT2D eigenvalue weighted by Gasteiger charge is 2.14. The number of nitrogens with one attached hydrogen (secondary N) is 2. The molecule has 5 nitrogen and oxygen atoms in total. The summed E-state index contributed by atoms with van der Waals surface area (Å²) in [6.07, 6.45) is 1.04. The minimum absolute atomic E-state index is 0.0122. The predicted molar refractivity (Wildman–Crippen MR) is 90.8 cm³/mol. The van der Waals surface area contributed by atoms with Gasteiger partial charge in [0.25, 0.3) is 0 Å². The number of hydrogen-bond acceptors (Lipinski definition) is 4. The Hall–Kier alpha value is -0.920. The molecule has 0 radical (unpaired) electrons. The molecule has 2 N–H and O–H groups in total. The fraction of sp³-hybridized carbons (Fsp3) is 0.462. The third-order valence-electron chi connectivity index (χ3n) is 2.18. The van der Waals surface area contributed by atoms with Gasteiger partial charge in [-0.15, -0.1) is 11.8 Å². The van der Waals surface area contributed by atoms with E-state index in [9.17, 15) is 13.2 Å². The summed E-state index contributed by atoms with van der Waals surface area (Å²) in [5.74, 6) is 0.208. The van der Waals surface area contributed by atoms with Crippen LogP contribution in [0.4, 0.5) is 11.4 Å². The summed E-state index contributed by atoms with van der Waals surface area (Å²) < 4.78 is 24.6. The maximum absolute atomic E-state index is 11.8. The first kappa shape index (κ1) is 18.1. The summed E-state index contributed by atoms with van der Waals surface area (Å²) in [6.45, 7) is 6.11. The first-order valence-corrected chi connectivity index (χ1v) is 9.43. The Kier molecular flexibility index (Phi) is 5.95. The molecule has 0 bridgehead atoms. The van der Waals surface area contributed by atoms with Crippen molar-refractivity contribution in [3.05, 3.63) is 23.2 Å². The van der Waals surface area contributed by atoms with Gasteiger partial charge in [0.1, 0.15) is 0 Å². The van der Waals surface area contributed by atoms with Crippen LogP contribution in [0.25, 0.3) is 0 Å². The molecule has 8 heteroatoms. The quantitative estimate of drug-likeness (QED) is 0.855. The molecule has 21 heavy (non-hydrogen) atoms. The molecular weight excluding hydrogens is 332 g/mol. The maximum Gasteiger partial charge on any atom is 0.234 e. The number of amides is 1. The fourth-order valence-electron chi connectivity index (χ4n) is 1.35. The van der Waals surface area contributed by atoms with Gasteiger partial charge >= 0.3 is 0 Å². The molecule has 0 aliphatic rings. The number of thioether (sulfide) groups is 1. The molecule has 0 unspecified atom stereocenters. The average Bonchev–Trinajstić information content (AvgIpc) is 2.28. The van der Waals surface area contributed by atoms with Crippen LogP contribution in [-0.4, -0.2) is 31.1 Å². The van der Waals surface area contributed by atoms with Crippen molar-refractivity contribution < 1.29 is 13.2 Å². The molecule has 1 rings (SSSR count). The van der Waals surface area contributed by atoms with Crippen molar-refractivity contribution in [2.24, 2.45) is 0 Å². The number of carbonyl (C=O) groups excluding carboxylic acids is 1. The lowest BCUT2D eigenvalue weighted by Crippen LogP contribution is -2.19. The molecule has 0 heterocycles. The number of benzene rings is 1. The van der Waals surface area contributed by atoms with E-state index < -0.39 is 10.0 Å².